The van der Waals surface area contributed by atoms with Crippen molar-refractivity contribution in [2.45, 2.75) is 18.5 Å². The maximum Gasteiger partial charge on any atom is 0.441 e. The fraction of sp³-hybridized carbons (Fsp3) is 0.500. The van der Waals surface area contributed by atoms with Gasteiger partial charge in [-0.05, 0) is 41.4 Å². The highest BCUT2D eigenvalue weighted by Crippen LogP contribution is 2.30. The normalized spacial score (nSPS) is 16.6. The van der Waals surface area contributed by atoms with Crippen molar-refractivity contribution in [1.82, 2.24) is 4.90 Å². The summed E-state index contributed by atoms with van der Waals surface area (Å²) >= 11 is 0.0453. The number of hydrogen-bond acceptors (Lipinski definition) is 3. The van der Waals surface area contributed by atoms with Crippen LogP contribution in [0.5, 0.6) is 0 Å². The molecule has 0 radical (unpaired) electrons. The number of halogens is 3. The van der Waals surface area contributed by atoms with Crippen LogP contribution in [-0.4, -0.2) is 29.3 Å². The number of hydrogen-bond donors (Lipinski definition) is 1. The van der Waals surface area contributed by atoms with Crippen LogP contribution in [0.25, 0.3) is 0 Å². The lowest BCUT2D eigenvalue weighted by Gasteiger charge is -2.28. The summed E-state index contributed by atoms with van der Waals surface area (Å²) in [5.41, 5.74) is 4.69. The lowest BCUT2D eigenvalue weighted by Crippen LogP contribution is -2.32. The van der Waals surface area contributed by atoms with Crippen LogP contribution in [0.1, 0.15) is 11.1 Å². The smallest absolute Gasteiger partial charge is 0.399 e. The first-order valence-electron chi connectivity index (χ1n) is 5.74. The second-order valence-electron chi connectivity index (χ2n) is 4.35. The predicted octanol–water partition coefficient (Wildman–Crippen LogP) is 2.88. The van der Waals surface area contributed by atoms with Crippen molar-refractivity contribution >= 4 is 17.4 Å². The van der Waals surface area contributed by atoms with Gasteiger partial charge in [0.25, 0.3) is 0 Å². The SMILES string of the molecule is Nc1ccc2c(c1)CN(CCSC(F)(F)F)CC2. The molecule has 1 aliphatic heterocycles. The molecule has 0 saturated carbocycles. The average molecular weight is 276 g/mol. The molecule has 0 aromatic heterocycles. The van der Waals surface area contributed by atoms with Crippen molar-refractivity contribution in [3.05, 3.63) is 29.3 Å². The molecule has 0 bridgehead atoms. The van der Waals surface area contributed by atoms with Crippen molar-refractivity contribution in [3.8, 4) is 0 Å². The highest BCUT2D eigenvalue weighted by Gasteiger charge is 2.28. The minimum atomic E-state index is -4.13. The fourth-order valence-corrected chi connectivity index (χ4v) is 2.70. The molecule has 6 heteroatoms. The Balaban J connectivity index is 1.88. The maximum atomic E-state index is 12.0. The summed E-state index contributed by atoms with van der Waals surface area (Å²) in [6, 6.07) is 5.79. The third-order valence-corrected chi connectivity index (χ3v) is 3.71. The quantitative estimate of drug-likeness (QED) is 0.861. The number of nitrogens with two attached hydrogens (primary N) is 1. The lowest BCUT2D eigenvalue weighted by atomic mass is 9.99. The van der Waals surface area contributed by atoms with Crippen molar-refractivity contribution < 1.29 is 13.2 Å². The standard InChI is InChI=1S/C12H15F3N2S/c13-12(14,15)18-6-5-17-4-3-9-1-2-11(16)7-10(9)8-17/h1-2,7H,3-6,8,16H2. The van der Waals surface area contributed by atoms with E-state index in [1.54, 1.807) is 0 Å². The van der Waals surface area contributed by atoms with Crippen LogP contribution in [0, 0.1) is 0 Å². The van der Waals surface area contributed by atoms with Gasteiger partial charge in [-0.3, -0.25) is 4.90 Å². The van der Waals surface area contributed by atoms with Gasteiger partial charge in [0, 0.05) is 31.1 Å². The highest BCUT2D eigenvalue weighted by molar-refractivity contribution is 8.00. The largest absolute Gasteiger partial charge is 0.441 e. The van der Waals surface area contributed by atoms with E-state index < -0.39 is 5.51 Å². The summed E-state index contributed by atoms with van der Waals surface area (Å²) in [4.78, 5) is 2.04. The van der Waals surface area contributed by atoms with Gasteiger partial charge in [0.1, 0.15) is 0 Å². The second-order valence-corrected chi connectivity index (χ2v) is 5.51. The monoisotopic (exact) mass is 276 g/mol. The molecule has 0 aliphatic carbocycles. The molecule has 100 valence electrons. The van der Waals surface area contributed by atoms with E-state index in [4.69, 9.17) is 5.73 Å². The van der Waals surface area contributed by atoms with E-state index in [0.717, 1.165) is 18.5 Å². The molecule has 1 aliphatic rings. The maximum absolute atomic E-state index is 12.0. The van der Waals surface area contributed by atoms with Crippen molar-refractivity contribution in [1.29, 1.82) is 0 Å². The lowest BCUT2D eigenvalue weighted by molar-refractivity contribution is -0.0328. The molecule has 18 heavy (non-hydrogen) atoms. The van der Waals surface area contributed by atoms with E-state index in [2.05, 4.69) is 0 Å². The Hall–Kier alpha value is -0.880. The van der Waals surface area contributed by atoms with Crippen LogP contribution in [0.2, 0.25) is 0 Å². The van der Waals surface area contributed by atoms with Crippen LogP contribution < -0.4 is 5.73 Å². The predicted molar refractivity (Wildman–Crippen MR) is 68.3 cm³/mol. The Morgan fingerprint density at radius 3 is 2.78 bits per heavy atom. The van der Waals surface area contributed by atoms with Gasteiger partial charge in [0.2, 0.25) is 0 Å². The summed E-state index contributed by atoms with van der Waals surface area (Å²) in [5, 5.41) is 0. The van der Waals surface area contributed by atoms with Gasteiger partial charge in [0.15, 0.2) is 0 Å². The number of rotatable bonds is 3. The molecule has 2 nitrogen and oxygen atoms in total. The summed E-state index contributed by atoms with van der Waals surface area (Å²) in [6.45, 7) is 1.96. The molecule has 1 aromatic rings. The number of anilines is 1. The van der Waals surface area contributed by atoms with E-state index in [1.165, 1.54) is 5.56 Å². The number of nitrogens with zero attached hydrogens (tertiary/aromatic N) is 1. The number of fused-ring (bicyclic) bond motifs is 1. The third-order valence-electron chi connectivity index (χ3n) is 2.99. The Labute approximate surface area is 108 Å². The van der Waals surface area contributed by atoms with E-state index in [1.807, 2.05) is 23.1 Å². The molecule has 1 aromatic carbocycles. The van der Waals surface area contributed by atoms with Gasteiger partial charge in [0.05, 0.1) is 0 Å². The Morgan fingerprint density at radius 2 is 2.06 bits per heavy atom. The molecule has 0 amide bonds. The number of nitrogen functional groups attached to an aromatic ring is 1. The molecule has 0 fully saturated rings. The van der Waals surface area contributed by atoms with Gasteiger partial charge in [-0.1, -0.05) is 6.07 Å². The van der Waals surface area contributed by atoms with Crippen LogP contribution in [0.3, 0.4) is 0 Å². The zero-order chi connectivity index (χ0) is 13.2. The first-order chi connectivity index (χ1) is 8.44. The number of benzene rings is 1. The van der Waals surface area contributed by atoms with Gasteiger partial charge < -0.3 is 5.73 Å². The minimum Gasteiger partial charge on any atom is -0.399 e. The van der Waals surface area contributed by atoms with E-state index in [-0.39, 0.29) is 17.5 Å². The summed E-state index contributed by atoms with van der Waals surface area (Å²) < 4.78 is 36.1. The van der Waals surface area contributed by atoms with Gasteiger partial charge in [-0.25, -0.2) is 0 Å². The van der Waals surface area contributed by atoms with Gasteiger partial charge >= 0.3 is 5.51 Å². The molecule has 2 N–H and O–H groups in total. The van der Waals surface area contributed by atoms with E-state index >= 15 is 0 Å². The average Bonchev–Trinajstić information content (AvgIpc) is 2.26. The Bertz CT molecular complexity index is 420. The highest BCUT2D eigenvalue weighted by atomic mass is 32.2. The van der Waals surface area contributed by atoms with Crippen LogP contribution in [0.4, 0.5) is 18.9 Å². The molecule has 0 atom stereocenters. The Morgan fingerprint density at radius 1 is 1.28 bits per heavy atom. The molecule has 0 saturated heterocycles. The van der Waals surface area contributed by atoms with Gasteiger partial charge in [-0.2, -0.15) is 13.2 Å². The second kappa shape index (κ2) is 5.40. The molecule has 0 spiro atoms. The minimum absolute atomic E-state index is 0.0453. The summed E-state index contributed by atoms with van der Waals surface area (Å²) in [6.07, 6.45) is 0.881. The Kier molecular flexibility index (Phi) is 4.07. The van der Waals surface area contributed by atoms with Crippen molar-refractivity contribution in [2.75, 3.05) is 24.6 Å². The molecular formula is C12H15F3N2S. The van der Waals surface area contributed by atoms with Gasteiger partial charge in [-0.15, -0.1) is 0 Å². The number of thioether (sulfide) groups is 1. The molecule has 0 unspecified atom stereocenters. The molecule has 1 heterocycles. The molecule has 2 rings (SSSR count). The first-order valence-corrected chi connectivity index (χ1v) is 6.73. The fourth-order valence-electron chi connectivity index (χ4n) is 2.12. The summed E-state index contributed by atoms with van der Waals surface area (Å²) in [5.74, 6) is 0.0845. The topological polar surface area (TPSA) is 29.3 Å². The van der Waals surface area contributed by atoms with Crippen molar-refractivity contribution in [3.63, 3.8) is 0 Å². The van der Waals surface area contributed by atoms with E-state index in [9.17, 15) is 13.2 Å². The van der Waals surface area contributed by atoms with Crippen LogP contribution >= 0.6 is 11.8 Å². The molecular weight excluding hydrogens is 261 g/mol. The van der Waals surface area contributed by atoms with E-state index in [0.29, 0.717) is 18.8 Å². The number of alkyl halides is 3. The summed E-state index contributed by atoms with van der Waals surface area (Å²) in [7, 11) is 0. The van der Waals surface area contributed by atoms with Crippen molar-refractivity contribution in [2.24, 2.45) is 0 Å². The van der Waals surface area contributed by atoms with Crippen LogP contribution in [-0.2, 0) is 13.0 Å². The third kappa shape index (κ3) is 3.81. The van der Waals surface area contributed by atoms with Crippen LogP contribution in [0.15, 0.2) is 18.2 Å². The zero-order valence-corrected chi connectivity index (χ0v) is 10.7. The zero-order valence-electron chi connectivity index (χ0n) is 9.83. The first kappa shape index (κ1) is 13.5.